The molecule has 0 atom stereocenters. The highest BCUT2D eigenvalue weighted by Crippen LogP contribution is 2.32. The minimum Gasteiger partial charge on any atom is -0.466 e. The molecule has 2 heterocycles. The Balaban J connectivity index is 1.45. The highest BCUT2D eigenvalue weighted by molar-refractivity contribution is 8.18. The molecule has 0 spiro atoms. The Labute approximate surface area is 183 Å². The molecule has 0 aromatic heterocycles. The van der Waals surface area contributed by atoms with E-state index in [2.05, 4.69) is 20.3 Å². The summed E-state index contributed by atoms with van der Waals surface area (Å²) in [7, 11) is 1.25. The van der Waals surface area contributed by atoms with E-state index >= 15 is 0 Å². The topological polar surface area (TPSA) is 98.6 Å². The van der Waals surface area contributed by atoms with Crippen molar-refractivity contribution in [1.82, 2.24) is 5.32 Å². The number of nitrogens with one attached hydrogen (secondary N) is 1. The summed E-state index contributed by atoms with van der Waals surface area (Å²) >= 11 is 1.02. The van der Waals surface area contributed by atoms with Crippen LogP contribution in [0.1, 0.15) is 17.4 Å². The van der Waals surface area contributed by atoms with Crippen molar-refractivity contribution in [2.75, 3.05) is 20.3 Å². The van der Waals surface area contributed by atoms with Gasteiger partial charge in [-0.1, -0.05) is 48.5 Å². The van der Waals surface area contributed by atoms with Crippen LogP contribution in [0.4, 0.5) is 0 Å². The Kier molecular flexibility index (Phi) is 6.56. The van der Waals surface area contributed by atoms with Gasteiger partial charge < -0.3 is 14.2 Å². The number of methoxy groups -OCH3 is 1. The lowest BCUT2D eigenvalue weighted by Crippen LogP contribution is -2.19. The third kappa shape index (κ3) is 5.08. The van der Waals surface area contributed by atoms with Crippen LogP contribution in [-0.2, 0) is 23.8 Å². The second-order valence-corrected chi connectivity index (χ2v) is 7.55. The van der Waals surface area contributed by atoms with Gasteiger partial charge in [0.15, 0.2) is 11.5 Å². The molecule has 2 aliphatic rings. The molecule has 2 aliphatic heterocycles. The van der Waals surface area contributed by atoms with Crippen molar-refractivity contribution in [3.8, 4) is 11.1 Å². The van der Waals surface area contributed by atoms with Gasteiger partial charge in [0.05, 0.1) is 31.4 Å². The van der Waals surface area contributed by atoms with Gasteiger partial charge in [0.2, 0.25) is 0 Å². The number of nitrogens with zero attached hydrogens (tertiary/aromatic N) is 2. The summed E-state index contributed by atoms with van der Waals surface area (Å²) in [5, 5.41) is 10.8. The molecule has 0 radical (unpaired) electrons. The van der Waals surface area contributed by atoms with Gasteiger partial charge in [-0.25, -0.2) is 4.79 Å². The number of amides is 1. The van der Waals surface area contributed by atoms with Gasteiger partial charge in [0.1, 0.15) is 0 Å². The largest absolute Gasteiger partial charge is 0.466 e. The molecule has 0 bridgehead atoms. The molecule has 2 aromatic carbocycles. The Morgan fingerprint density at radius 1 is 1.16 bits per heavy atom. The highest BCUT2D eigenvalue weighted by Gasteiger charge is 2.25. The first-order valence-electron chi connectivity index (χ1n) is 9.46. The van der Waals surface area contributed by atoms with Crippen molar-refractivity contribution in [1.29, 1.82) is 0 Å². The molecule has 0 unspecified atom stereocenters. The summed E-state index contributed by atoms with van der Waals surface area (Å²) in [6.07, 6.45) is 2.36. The summed E-state index contributed by atoms with van der Waals surface area (Å²) in [6.45, 7) is 1.19. The Hall–Kier alpha value is -3.27. The van der Waals surface area contributed by atoms with Gasteiger partial charge in [-0.3, -0.25) is 10.1 Å². The standard InChI is InChI=1S/C22H19N3O5S/c1-28-19(26)12-18-20(27)24-22(31-18)25-23-13-14-6-8-15(9-7-14)16-4-2-3-5-17(16)21-29-10-11-30-21/h2-9,12-13,21H,10-11H2,1H3,(H,24,25,27)/b18-12+,23-13?. The Bertz CT molecular complexity index is 1070. The van der Waals surface area contributed by atoms with Crippen LogP contribution in [0.5, 0.6) is 0 Å². The molecule has 0 aliphatic carbocycles. The zero-order valence-electron chi connectivity index (χ0n) is 16.6. The predicted molar refractivity (Wildman–Crippen MR) is 117 cm³/mol. The first-order chi connectivity index (χ1) is 15.1. The second-order valence-electron chi connectivity index (χ2n) is 6.52. The smallest absolute Gasteiger partial charge is 0.331 e. The minimum atomic E-state index is -0.602. The van der Waals surface area contributed by atoms with E-state index in [1.165, 1.54) is 7.11 Å². The molecule has 31 heavy (non-hydrogen) atoms. The molecule has 0 saturated carbocycles. The van der Waals surface area contributed by atoms with Crippen LogP contribution in [0.2, 0.25) is 0 Å². The molecule has 9 heteroatoms. The van der Waals surface area contributed by atoms with Crippen molar-refractivity contribution in [2.24, 2.45) is 10.2 Å². The van der Waals surface area contributed by atoms with E-state index in [4.69, 9.17) is 9.47 Å². The van der Waals surface area contributed by atoms with Crippen molar-refractivity contribution >= 4 is 35.0 Å². The zero-order chi connectivity index (χ0) is 21.6. The summed E-state index contributed by atoms with van der Waals surface area (Å²) in [5.41, 5.74) is 3.93. The molecular weight excluding hydrogens is 418 g/mol. The first kappa shape index (κ1) is 21.0. The highest BCUT2D eigenvalue weighted by atomic mass is 32.2. The van der Waals surface area contributed by atoms with E-state index in [9.17, 15) is 9.59 Å². The number of rotatable bonds is 5. The maximum atomic E-state index is 11.8. The van der Waals surface area contributed by atoms with E-state index < -0.39 is 11.9 Å². The molecule has 8 nitrogen and oxygen atoms in total. The van der Waals surface area contributed by atoms with Crippen molar-refractivity contribution in [2.45, 2.75) is 6.29 Å². The number of carbonyl (C=O) groups is 2. The van der Waals surface area contributed by atoms with Crippen LogP contribution in [0.3, 0.4) is 0 Å². The Morgan fingerprint density at radius 2 is 1.90 bits per heavy atom. The molecule has 2 aromatic rings. The van der Waals surface area contributed by atoms with Crippen molar-refractivity contribution < 1.29 is 23.8 Å². The molecule has 2 saturated heterocycles. The maximum Gasteiger partial charge on any atom is 0.331 e. The van der Waals surface area contributed by atoms with Crippen LogP contribution in [0.15, 0.2) is 69.7 Å². The van der Waals surface area contributed by atoms with E-state index in [0.29, 0.717) is 18.4 Å². The molecule has 158 valence electrons. The van der Waals surface area contributed by atoms with Crippen LogP contribution in [0, 0.1) is 0 Å². The van der Waals surface area contributed by atoms with Gasteiger partial charge in [-0.15, -0.1) is 5.10 Å². The summed E-state index contributed by atoms with van der Waals surface area (Å²) in [6, 6.07) is 15.8. The third-order valence-corrected chi connectivity index (χ3v) is 5.41. The molecule has 1 N–H and O–H groups in total. The van der Waals surface area contributed by atoms with Gasteiger partial charge in [-0.05, 0) is 28.5 Å². The number of carbonyl (C=O) groups excluding carboxylic acids is 2. The molecule has 2 fully saturated rings. The molecule has 4 rings (SSSR count). The average molecular weight is 437 g/mol. The van der Waals surface area contributed by atoms with E-state index in [1.807, 2.05) is 48.5 Å². The lowest BCUT2D eigenvalue weighted by atomic mass is 9.98. The van der Waals surface area contributed by atoms with Crippen molar-refractivity contribution in [3.63, 3.8) is 0 Å². The Morgan fingerprint density at radius 3 is 2.65 bits per heavy atom. The van der Waals surface area contributed by atoms with E-state index in [-0.39, 0.29) is 11.2 Å². The number of amidine groups is 1. The van der Waals surface area contributed by atoms with Crippen molar-refractivity contribution in [3.05, 3.63) is 70.6 Å². The van der Waals surface area contributed by atoms with Gasteiger partial charge >= 0.3 is 5.97 Å². The van der Waals surface area contributed by atoms with Gasteiger partial charge in [0, 0.05) is 11.6 Å². The fourth-order valence-corrected chi connectivity index (χ4v) is 3.78. The monoisotopic (exact) mass is 437 g/mol. The zero-order valence-corrected chi connectivity index (χ0v) is 17.4. The number of hydrogen-bond donors (Lipinski definition) is 1. The molecular formula is C22H19N3O5S. The quantitative estimate of drug-likeness (QED) is 0.334. The fourth-order valence-electron chi connectivity index (χ4n) is 3.04. The lowest BCUT2D eigenvalue weighted by Gasteiger charge is -2.14. The number of benzene rings is 2. The van der Waals surface area contributed by atoms with Crippen LogP contribution in [0.25, 0.3) is 11.1 Å². The normalized spacial score (nSPS) is 19.5. The van der Waals surface area contributed by atoms with Gasteiger partial charge in [0.25, 0.3) is 5.91 Å². The number of hydrogen-bond acceptors (Lipinski definition) is 8. The van der Waals surface area contributed by atoms with E-state index in [1.54, 1.807) is 6.21 Å². The maximum absolute atomic E-state index is 11.8. The van der Waals surface area contributed by atoms with Crippen LogP contribution < -0.4 is 5.32 Å². The van der Waals surface area contributed by atoms with Crippen LogP contribution in [-0.4, -0.2) is 43.6 Å². The number of esters is 1. The second kappa shape index (κ2) is 9.69. The predicted octanol–water partition coefficient (Wildman–Crippen LogP) is 3.01. The summed E-state index contributed by atoms with van der Waals surface area (Å²) < 4.78 is 15.8. The fraction of sp³-hybridized carbons (Fsp3) is 0.182. The van der Waals surface area contributed by atoms with Gasteiger partial charge in [-0.2, -0.15) is 5.10 Å². The van der Waals surface area contributed by atoms with Crippen LogP contribution >= 0.6 is 11.8 Å². The number of ether oxygens (including phenoxy) is 3. The molecule has 1 amide bonds. The third-order valence-electron chi connectivity index (χ3n) is 4.51. The average Bonchev–Trinajstić information content (AvgIpc) is 3.44. The first-order valence-corrected chi connectivity index (χ1v) is 10.3. The summed E-state index contributed by atoms with van der Waals surface area (Å²) in [4.78, 5) is 23.3. The minimum absolute atomic E-state index is 0.207. The van der Waals surface area contributed by atoms with E-state index in [0.717, 1.165) is 40.1 Å². The number of thioether (sulfide) groups is 1. The summed E-state index contributed by atoms with van der Waals surface area (Å²) in [5.74, 6) is -1.02. The lowest BCUT2D eigenvalue weighted by molar-refractivity contribution is -0.135. The SMILES string of the molecule is COC(=O)/C=C1/S/C(=N\N=Cc2ccc(-c3ccccc3C3OCCO3)cc2)NC1=O.